The highest BCUT2D eigenvalue weighted by molar-refractivity contribution is 6.02. The van der Waals surface area contributed by atoms with Crippen LogP contribution in [0.1, 0.15) is 60.9 Å². The normalized spacial score (nSPS) is 19.9. The second-order valence-corrected chi connectivity index (χ2v) is 10.5. The van der Waals surface area contributed by atoms with Gasteiger partial charge < -0.3 is 30.2 Å². The van der Waals surface area contributed by atoms with Crippen molar-refractivity contribution in [2.24, 2.45) is 5.92 Å². The molecule has 8 heteroatoms. The lowest BCUT2D eigenvalue weighted by atomic mass is 9.83. The number of likely N-dealkylation sites (tertiary alicyclic amines) is 1. The van der Waals surface area contributed by atoms with Crippen LogP contribution >= 0.6 is 0 Å². The molecule has 0 aliphatic carbocycles. The average Bonchev–Trinajstić information content (AvgIpc) is 2.89. The van der Waals surface area contributed by atoms with Gasteiger partial charge in [0.05, 0.1) is 18.6 Å². The molecule has 3 aliphatic rings. The van der Waals surface area contributed by atoms with Gasteiger partial charge in [-0.2, -0.15) is 0 Å². The standard InChI is InChI=1S/C29H36FN3O4/c30-21-3-5-24(25(34)17-21)28(31)20-7-14-33(15-8-20)13-1-2-16-36-22-4-6-23-26(35)19-29(37-27(23)18-22)9-11-32-12-10-29/h3-6,17-18,20,31-32,34H,1-2,7-16,19H2. The van der Waals surface area contributed by atoms with Crippen molar-refractivity contribution in [3.63, 3.8) is 0 Å². The molecule has 0 saturated carbocycles. The molecule has 1 spiro atoms. The molecule has 0 atom stereocenters. The number of aromatic hydroxyl groups is 1. The fourth-order valence-corrected chi connectivity index (χ4v) is 5.75. The van der Waals surface area contributed by atoms with Gasteiger partial charge in [0.15, 0.2) is 5.78 Å². The van der Waals surface area contributed by atoms with Crippen LogP contribution in [0.3, 0.4) is 0 Å². The van der Waals surface area contributed by atoms with E-state index in [9.17, 15) is 14.3 Å². The van der Waals surface area contributed by atoms with E-state index in [1.54, 1.807) is 0 Å². The molecule has 198 valence electrons. The van der Waals surface area contributed by atoms with Gasteiger partial charge in [0.2, 0.25) is 0 Å². The van der Waals surface area contributed by atoms with E-state index in [1.165, 1.54) is 12.1 Å². The number of rotatable bonds is 8. The van der Waals surface area contributed by atoms with Gasteiger partial charge in [-0.3, -0.25) is 4.79 Å². The summed E-state index contributed by atoms with van der Waals surface area (Å²) >= 11 is 0. The number of fused-ring (bicyclic) bond motifs is 1. The Labute approximate surface area is 217 Å². The molecule has 3 N–H and O–H groups in total. The number of ketones is 1. The molecule has 2 aromatic rings. The number of nitrogens with zero attached hydrogens (tertiary/aromatic N) is 1. The summed E-state index contributed by atoms with van der Waals surface area (Å²) in [6.07, 6.45) is 5.79. The van der Waals surface area contributed by atoms with Crippen LogP contribution < -0.4 is 14.8 Å². The maximum absolute atomic E-state index is 13.3. The fourth-order valence-electron chi connectivity index (χ4n) is 5.75. The quantitative estimate of drug-likeness (QED) is 0.357. The van der Waals surface area contributed by atoms with Crippen molar-refractivity contribution in [1.29, 1.82) is 5.41 Å². The van der Waals surface area contributed by atoms with Crippen LogP contribution in [-0.2, 0) is 0 Å². The predicted octanol–water partition coefficient (Wildman–Crippen LogP) is 4.56. The summed E-state index contributed by atoms with van der Waals surface area (Å²) in [5, 5.41) is 21.8. The van der Waals surface area contributed by atoms with Crippen molar-refractivity contribution in [2.75, 3.05) is 39.3 Å². The Bertz CT molecular complexity index is 1140. The summed E-state index contributed by atoms with van der Waals surface area (Å²) in [6.45, 7) is 5.14. The Morgan fingerprint density at radius 3 is 2.70 bits per heavy atom. The Balaban J connectivity index is 1.04. The highest BCUT2D eigenvalue weighted by Gasteiger charge is 2.41. The zero-order chi connectivity index (χ0) is 25.8. The second kappa shape index (κ2) is 11.2. The molecule has 0 amide bonds. The minimum absolute atomic E-state index is 0.0815. The van der Waals surface area contributed by atoms with E-state index in [2.05, 4.69) is 10.2 Å². The van der Waals surface area contributed by atoms with Crippen LogP contribution in [-0.4, -0.2) is 66.4 Å². The largest absolute Gasteiger partial charge is 0.507 e. The minimum atomic E-state index is -0.492. The Hall–Kier alpha value is -2.97. The number of Topliss-reactive ketones (excluding diaryl/α,β-unsaturated/α-hetero) is 1. The Morgan fingerprint density at radius 2 is 1.95 bits per heavy atom. The van der Waals surface area contributed by atoms with Crippen LogP contribution in [0.4, 0.5) is 4.39 Å². The topological polar surface area (TPSA) is 94.9 Å². The first-order valence-corrected chi connectivity index (χ1v) is 13.4. The number of carbonyl (C=O) groups excluding carboxylic acids is 1. The number of piperidine rings is 2. The zero-order valence-corrected chi connectivity index (χ0v) is 21.2. The van der Waals surface area contributed by atoms with E-state index >= 15 is 0 Å². The molecule has 0 unspecified atom stereocenters. The van der Waals surface area contributed by atoms with Crippen molar-refractivity contribution < 1.29 is 23.8 Å². The number of hydrogen-bond donors (Lipinski definition) is 3. The summed E-state index contributed by atoms with van der Waals surface area (Å²) in [6, 6.07) is 9.42. The van der Waals surface area contributed by atoms with Crippen molar-refractivity contribution in [2.45, 2.75) is 50.5 Å². The molecule has 7 nitrogen and oxygen atoms in total. The number of unbranched alkanes of at least 4 members (excludes halogenated alkanes) is 1. The third kappa shape index (κ3) is 5.96. The predicted molar refractivity (Wildman–Crippen MR) is 140 cm³/mol. The molecule has 37 heavy (non-hydrogen) atoms. The number of nitrogens with one attached hydrogen (secondary N) is 2. The molecule has 0 bridgehead atoms. The van der Waals surface area contributed by atoms with Gasteiger partial charge >= 0.3 is 0 Å². The van der Waals surface area contributed by atoms with Crippen molar-refractivity contribution >= 4 is 11.5 Å². The van der Waals surface area contributed by atoms with Crippen LogP contribution in [0.5, 0.6) is 17.2 Å². The van der Waals surface area contributed by atoms with E-state index in [4.69, 9.17) is 14.9 Å². The first-order chi connectivity index (χ1) is 17.9. The van der Waals surface area contributed by atoms with Gasteiger partial charge in [-0.15, -0.1) is 0 Å². The number of ether oxygens (including phenoxy) is 2. The smallest absolute Gasteiger partial charge is 0.170 e. The number of hydrogen-bond acceptors (Lipinski definition) is 7. The highest BCUT2D eigenvalue weighted by atomic mass is 19.1. The molecular formula is C29H36FN3O4. The van der Waals surface area contributed by atoms with Crippen LogP contribution in [0.2, 0.25) is 0 Å². The zero-order valence-electron chi connectivity index (χ0n) is 21.2. The summed E-state index contributed by atoms with van der Waals surface area (Å²) in [5.74, 6) is 0.976. The molecular weight excluding hydrogens is 473 g/mol. The lowest BCUT2D eigenvalue weighted by Gasteiger charge is -2.40. The van der Waals surface area contributed by atoms with Gasteiger partial charge in [0.1, 0.15) is 28.7 Å². The third-order valence-corrected chi connectivity index (χ3v) is 7.96. The van der Waals surface area contributed by atoms with Crippen molar-refractivity contribution in [3.05, 3.63) is 53.3 Å². The van der Waals surface area contributed by atoms with E-state index < -0.39 is 5.82 Å². The first kappa shape index (κ1) is 25.7. The minimum Gasteiger partial charge on any atom is -0.507 e. The third-order valence-electron chi connectivity index (χ3n) is 7.96. The SMILES string of the molecule is N=C(c1ccc(F)cc1O)C1CCN(CCCCOc2ccc3c(c2)OC2(CCNCC2)CC3=O)CC1. The van der Waals surface area contributed by atoms with E-state index in [-0.39, 0.29) is 23.1 Å². The lowest BCUT2D eigenvalue weighted by Crippen LogP contribution is -2.49. The second-order valence-electron chi connectivity index (χ2n) is 10.5. The fraction of sp³-hybridized carbons (Fsp3) is 0.517. The summed E-state index contributed by atoms with van der Waals surface area (Å²) in [4.78, 5) is 15.1. The van der Waals surface area contributed by atoms with E-state index in [0.29, 0.717) is 35.6 Å². The van der Waals surface area contributed by atoms with Crippen LogP contribution in [0.25, 0.3) is 0 Å². The molecule has 0 aromatic heterocycles. The maximum atomic E-state index is 13.3. The number of carbonyl (C=O) groups is 1. The molecule has 0 radical (unpaired) electrons. The van der Waals surface area contributed by atoms with Crippen molar-refractivity contribution in [1.82, 2.24) is 10.2 Å². The molecule has 2 aromatic carbocycles. The number of halogens is 1. The van der Waals surface area contributed by atoms with Gasteiger partial charge in [-0.1, -0.05) is 0 Å². The maximum Gasteiger partial charge on any atom is 0.170 e. The number of phenols is 1. The van der Waals surface area contributed by atoms with Crippen molar-refractivity contribution in [3.8, 4) is 17.2 Å². The highest BCUT2D eigenvalue weighted by Crippen LogP contribution is 2.39. The van der Waals surface area contributed by atoms with E-state index in [1.807, 2.05) is 18.2 Å². The first-order valence-electron chi connectivity index (χ1n) is 13.4. The summed E-state index contributed by atoms with van der Waals surface area (Å²) in [5.41, 5.74) is 1.11. The summed E-state index contributed by atoms with van der Waals surface area (Å²) in [7, 11) is 0. The Morgan fingerprint density at radius 1 is 1.16 bits per heavy atom. The summed E-state index contributed by atoms with van der Waals surface area (Å²) < 4.78 is 25.6. The molecule has 2 saturated heterocycles. The van der Waals surface area contributed by atoms with Gasteiger partial charge in [0, 0.05) is 42.2 Å². The average molecular weight is 510 g/mol. The lowest BCUT2D eigenvalue weighted by molar-refractivity contribution is 0.0185. The number of benzene rings is 2. The molecule has 5 rings (SSSR count). The monoisotopic (exact) mass is 509 g/mol. The molecule has 3 heterocycles. The number of phenolic OH excluding ortho intramolecular Hbond substituents is 1. The van der Waals surface area contributed by atoms with Crippen LogP contribution in [0, 0.1) is 17.1 Å². The van der Waals surface area contributed by atoms with Gasteiger partial charge in [-0.25, -0.2) is 4.39 Å². The molecule has 3 aliphatic heterocycles. The van der Waals surface area contributed by atoms with Gasteiger partial charge in [-0.05, 0) is 82.7 Å². The molecule has 2 fully saturated rings. The van der Waals surface area contributed by atoms with E-state index in [0.717, 1.165) is 83.1 Å². The van der Waals surface area contributed by atoms with Gasteiger partial charge in [0.25, 0.3) is 0 Å². The van der Waals surface area contributed by atoms with Crippen LogP contribution in [0.15, 0.2) is 36.4 Å². The Kier molecular flexibility index (Phi) is 7.76.